The summed E-state index contributed by atoms with van der Waals surface area (Å²) in [6.07, 6.45) is 2.69. The zero-order chi connectivity index (χ0) is 15.5. The molecule has 112 valence electrons. The van der Waals surface area contributed by atoms with Gasteiger partial charge in [-0.15, -0.1) is 0 Å². The molecule has 0 saturated heterocycles. The SMILES string of the molecule is O=C(/C=C/Nc1ccc(Cl)cc1F)c1ccc2c(c1)OCO2. The third kappa shape index (κ3) is 3.04. The minimum Gasteiger partial charge on any atom is -0.454 e. The molecule has 0 fully saturated rings. The molecule has 0 spiro atoms. The third-order valence-corrected chi connectivity index (χ3v) is 3.30. The molecule has 0 aliphatic carbocycles. The fraction of sp³-hybridized carbons (Fsp3) is 0.0625. The number of halogens is 2. The Labute approximate surface area is 131 Å². The van der Waals surface area contributed by atoms with E-state index in [9.17, 15) is 9.18 Å². The molecule has 0 unspecified atom stereocenters. The number of hydrogen-bond acceptors (Lipinski definition) is 4. The molecule has 1 aliphatic heterocycles. The monoisotopic (exact) mass is 319 g/mol. The maximum Gasteiger partial charge on any atom is 0.231 e. The van der Waals surface area contributed by atoms with Gasteiger partial charge in [0, 0.05) is 22.9 Å². The summed E-state index contributed by atoms with van der Waals surface area (Å²) in [7, 11) is 0. The van der Waals surface area contributed by atoms with E-state index in [0.29, 0.717) is 22.1 Å². The summed E-state index contributed by atoms with van der Waals surface area (Å²) in [4.78, 5) is 12.0. The Morgan fingerprint density at radius 3 is 2.82 bits per heavy atom. The van der Waals surface area contributed by atoms with Crippen LogP contribution in [0.3, 0.4) is 0 Å². The van der Waals surface area contributed by atoms with Crippen LogP contribution in [0, 0.1) is 5.82 Å². The van der Waals surface area contributed by atoms with E-state index in [0.717, 1.165) is 0 Å². The Morgan fingerprint density at radius 1 is 1.18 bits per heavy atom. The van der Waals surface area contributed by atoms with Crippen LogP contribution >= 0.6 is 11.6 Å². The second kappa shape index (κ2) is 6.07. The van der Waals surface area contributed by atoms with Crippen LogP contribution in [0.1, 0.15) is 10.4 Å². The van der Waals surface area contributed by atoms with Gasteiger partial charge in [0.15, 0.2) is 17.3 Å². The van der Waals surface area contributed by atoms with E-state index in [1.54, 1.807) is 24.3 Å². The van der Waals surface area contributed by atoms with Crippen LogP contribution in [0.5, 0.6) is 11.5 Å². The van der Waals surface area contributed by atoms with Gasteiger partial charge >= 0.3 is 0 Å². The first-order valence-corrected chi connectivity index (χ1v) is 6.83. The first kappa shape index (κ1) is 14.4. The Bertz CT molecular complexity index is 761. The molecular weight excluding hydrogens is 309 g/mol. The van der Waals surface area contributed by atoms with E-state index in [4.69, 9.17) is 21.1 Å². The van der Waals surface area contributed by atoms with E-state index in [-0.39, 0.29) is 18.3 Å². The Hall–Kier alpha value is -2.53. The molecule has 0 bridgehead atoms. The second-order valence-corrected chi connectivity index (χ2v) is 4.97. The minimum atomic E-state index is -0.493. The van der Waals surface area contributed by atoms with E-state index in [1.165, 1.54) is 24.4 Å². The van der Waals surface area contributed by atoms with Crippen LogP contribution < -0.4 is 14.8 Å². The number of allylic oxidation sites excluding steroid dienone is 1. The molecule has 22 heavy (non-hydrogen) atoms. The number of fused-ring (bicyclic) bond motifs is 1. The molecule has 2 aromatic rings. The van der Waals surface area contributed by atoms with Crippen molar-refractivity contribution in [3.05, 3.63) is 65.1 Å². The van der Waals surface area contributed by atoms with E-state index < -0.39 is 5.82 Å². The smallest absolute Gasteiger partial charge is 0.231 e. The standard InChI is InChI=1S/C16H11ClFNO3/c17-11-2-3-13(12(18)8-11)19-6-5-14(20)10-1-4-15-16(7-10)22-9-21-15/h1-8,19H,9H2/b6-5+. The van der Waals surface area contributed by atoms with Crippen LogP contribution in [-0.2, 0) is 0 Å². The van der Waals surface area contributed by atoms with Crippen molar-refractivity contribution in [1.29, 1.82) is 0 Å². The number of ether oxygens (including phenoxy) is 2. The Kier molecular flexibility index (Phi) is 3.98. The maximum absolute atomic E-state index is 13.6. The first-order valence-electron chi connectivity index (χ1n) is 6.45. The van der Waals surface area contributed by atoms with Crippen molar-refractivity contribution in [2.24, 2.45) is 0 Å². The van der Waals surface area contributed by atoms with Crippen LogP contribution in [-0.4, -0.2) is 12.6 Å². The molecule has 0 saturated carbocycles. The largest absolute Gasteiger partial charge is 0.454 e. The van der Waals surface area contributed by atoms with Crippen LogP contribution in [0.4, 0.5) is 10.1 Å². The predicted molar refractivity (Wildman–Crippen MR) is 81.1 cm³/mol. The summed E-state index contributed by atoms with van der Waals surface area (Å²) in [5, 5.41) is 3.01. The van der Waals surface area contributed by atoms with Gasteiger partial charge in [-0.2, -0.15) is 0 Å². The van der Waals surface area contributed by atoms with E-state index in [1.807, 2.05) is 0 Å². The van der Waals surface area contributed by atoms with Gasteiger partial charge in [0.1, 0.15) is 5.82 Å². The number of carbonyl (C=O) groups excluding carboxylic acids is 1. The quantitative estimate of drug-likeness (QED) is 0.683. The summed E-state index contributed by atoms with van der Waals surface area (Å²) in [6, 6.07) is 9.17. The minimum absolute atomic E-state index is 0.153. The van der Waals surface area contributed by atoms with Gasteiger partial charge in [-0.25, -0.2) is 4.39 Å². The number of anilines is 1. The molecule has 0 amide bonds. The summed E-state index contributed by atoms with van der Waals surface area (Å²) in [5.41, 5.74) is 0.693. The van der Waals surface area contributed by atoms with Crippen molar-refractivity contribution in [3.63, 3.8) is 0 Å². The van der Waals surface area contributed by atoms with Crippen molar-refractivity contribution in [2.45, 2.75) is 0 Å². The summed E-state index contributed by atoms with van der Waals surface area (Å²) in [6.45, 7) is 0.153. The lowest BCUT2D eigenvalue weighted by molar-refractivity contribution is 0.104. The Morgan fingerprint density at radius 2 is 2.00 bits per heavy atom. The third-order valence-electron chi connectivity index (χ3n) is 3.06. The fourth-order valence-electron chi connectivity index (χ4n) is 1.96. The van der Waals surface area contributed by atoms with Crippen LogP contribution in [0.2, 0.25) is 5.02 Å². The molecule has 0 atom stereocenters. The topological polar surface area (TPSA) is 47.6 Å². The van der Waals surface area contributed by atoms with E-state index >= 15 is 0 Å². The lowest BCUT2D eigenvalue weighted by Gasteiger charge is -2.03. The Balaban J connectivity index is 1.68. The lowest BCUT2D eigenvalue weighted by atomic mass is 10.1. The average Bonchev–Trinajstić information content (AvgIpc) is 2.96. The zero-order valence-electron chi connectivity index (χ0n) is 11.3. The van der Waals surface area contributed by atoms with Gasteiger partial charge in [0.2, 0.25) is 6.79 Å². The van der Waals surface area contributed by atoms with Crippen LogP contribution in [0.15, 0.2) is 48.7 Å². The lowest BCUT2D eigenvalue weighted by Crippen LogP contribution is -1.97. The maximum atomic E-state index is 13.6. The van der Waals surface area contributed by atoms with Gasteiger partial charge in [-0.05, 0) is 36.4 Å². The molecule has 1 heterocycles. The van der Waals surface area contributed by atoms with Crippen molar-refractivity contribution in [1.82, 2.24) is 0 Å². The average molecular weight is 320 g/mol. The second-order valence-electron chi connectivity index (χ2n) is 4.53. The predicted octanol–water partition coefficient (Wildman–Crippen LogP) is 4.02. The summed E-state index contributed by atoms with van der Waals surface area (Å²) in [5.74, 6) is 0.422. The number of hydrogen-bond donors (Lipinski definition) is 1. The number of rotatable bonds is 4. The highest BCUT2D eigenvalue weighted by atomic mass is 35.5. The zero-order valence-corrected chi connectivity index (χ0v) is 12.1. The van der Waals surface area contributed by atoms with Crippen molar-refractivity contribution in [2.75, 3.05) is 12.1 Å². The number of carbonyl (C=O) groups is 1. The number of nitrogens with one attached hydrogen (secondary N) is 1. The molecule has 3 rings (SSSR count). The number of ketones is 1. The van der Waals surface area contributed by atoms with Crippen molar-refractivity contribution in [3.8, 4) is 11.5 Å². The van der Waals surface area contributed by atoms with Gasteiger partial charge in [-0.3, -0.25) is 4.79 Å². The highest BCUT2D eigenvalue weighted by molar-refractivity contribution is 6.30. The van der Waals surface area contributed by atoms with Gasteiger partial charge in [0.05, 0.1) is 5.69 Å². The summed E-state index contributed by atoms with van der Waals surface area (Å²) < 4.78 is 23.9. The van der Waals surface area contributed by atoms with Crippen LogP contribution in [0.25, 0.3) is 0 Å². The fourth-order valence-corrected chi connectivity index (χ4v) is 2.12. The molecule has 0 radical (unpaired) electrons. The number of benzene rings is 2. The highest BCUT2D eigenvalue weighted by Crippen LogP contribution is 2.32. The molecule has 1 aliphatic rings. The molecule has 2 aromatic carbocycles. The van der Waals surface area contributed by atoms with Gasteiger partial charge < -0.3 is 14.8 Å². The van der Waals surface area contributed by atoms with Gasteiger partial charge in [0.25, 0.3) is 0 Å². The molecule has 6 heteroatoms. The summed E-state index contributed by atoms with van der Waals surface area (Å²) >= 11 is 5.67. The van der Waals surface area contributed by atoms with Crippen molar-refractivity contribution < 1.29 is 18.7 Å². The highest BCUT2D eigenvalue weighted by Gasteiger charge is 2.15. The normalized spacial score (nSPS) is 12.6. The molecule has 4 nitrogen and oxygen atoms in total. The first-order chi connectivity index (χ1) is 10.6. The van der Waals surface area contributed by atoms with Crippen molar-refractivity contribution >= 4 is 23.1 Å². The van der Waals surface area contributed by atoms with Gasteiger partial charge in [-0.1, -0.05) is 11.6 Å². The van der Waals surface area contributed by atoms with E-state index in [2.05, 4.69) is 5.32 Å². The molecule has 1 N–H and O–H groups in total. The molecule has 0 aromatic heterocycles. The molecular formula is C16H11ClFNO3.